The number of aliphatic imine (C=N–C) groups is 1. The van der Waals surface area contributed by atoms with Crippen molar-refractivity contribution >= 4 is 17.7 Å². The topological polar surface area (TPSA) is 47.9 Å². The van der Waals surface area contributed by atoms with E-state index < -0.39 is 0 Å². The van der Waals surface area contributed by atoms with Gasteiger partial charge in [-0.05, 0) is 25.0 Å². The molecule has 3 rings (SSSR count). The molecule has 1 aromatic rings. The van der Waals surface area contributed by atoms with Crippen LogP contribution in [0.2, 0.25) is 0 Å². The number of hydrogen-bond acceptors (Lipinski definition) is 3. The Bertz CT molecular complexity index is 485. The molecule has 2 aliphatic rings. The molecule has 0 unspecified atom stereocenters. The van der Waals surface area contributed by atoms with Gasteiger partial charge in [-0.15, -0.1) is 0 Å². The first-order chi connectivity index (χ1) is 9.34. The van der Waals surface area contributed by atoms with Crippen molar-refractivity contribution in [1.82, 2.24) is 9.80 Å². The Morgan fingerprint density at radius 2 is 1.89 bits per heavy atom. The van der Waals surface area contributed by atoms with E-state index in [9.17, 15) is 4.79 Å². The van der Waals surface area contributed by atoms with Crippen LogP contribution in [0.15, 0.2) is 35.3 Å². The molecule has 0 saturated carbocycles. The largest absolute Gasteiger partial charge is 0.342 e. The number of fused-ring (bicyclic) bond motifs is 1. The van der Waals surface area contributed by atoms with Gasteiger partial charge in [0.05, 0.1) is 0 Å². The molecule has 0 aromatic heterocycles. The molecule has 0 atom stereocenters. The van der Waals surface area contributed by atoms with Gasteiger partial charge in [0.1, 0.15) is 0 Å². The number of para-hydroxylation sites is 1. The average molecular weight is 258 g/mol. The third-order valence-corrected chi connectivity index (χ3v) is 3.44. The summed E-state index contributed by atoms with van der Waals surface area (Å²) >= 11 is 0. The Kier molecular flexibility index (Phi) is 3.35. The number of urea groups is 1. The predicted molar refractivity (Wildman–Crippen MR) is 75.3 cm³/mol. The molecule has 0 bridgehead atoms. The molecule has 5 nitrogen and oxygen atoms in total. The van der Waals surface area contributed by atoms with E-state index in [0.717, 1.165) is 50.7 Å². The van der Waals surface area contributed by atoms with Crippen molar-refractivity contribution in [2.75, 3.05) is 31.5 Å². The molecule has 1 aromatic carbocycles. The van der Waals surface area contributed by atoms with Gasteiger partial charge in [0.15, 0.2) is 0 Å². The van der Waals surface area contributed by atoms with Gasteiger partial charge in [0.2, 0.25) is 5.96 Å². The molecule has 5 heteroatoms. The Morgan fingerprint density at radius 1 is 1.11 bits per heavy atom. The number of rotatable bonds is 1. The van der Waals surface area contributed by atoms with Gasteiger partial charge in [0, 0.05) is 31.9 Å². The maximum atomic E-state index is 12.3. The van der Waals surface area contributed by atoms with Gasteiger partial charge in [-0.25, -0.2) is 4.79 Å². The first-order valence-electron chi connectivity index (χ1n) is 6.77. The number of guanidine groups is 1. The monoisotopic (exact) mass is 258 g/mol. The minimum atomic E-state index is -0.0865. The lowest BCUT2D eigenvalue weighted by atomic mass is 10.2. The number of anilines is 1. The third-order valence-electron chi connectivity index (χ3n) is 3.44. The summed E-state index contributed by atoms with van der Waals surface area (Å²) in [5.41, 5.74) is 0.820. The SMILES string of the molecule is O=C(Nc1ccccc1)N1CCCN2CCCN=C21. The molecule has 2 heterocycles. The van der Waals surface area contributed by atoms with Crippen LogP contribution in [-0.2, 0) is 0 Å². The summed E-state index contributed by atoms with van der Waals surface area (Å²) in [5.74, 6) is 0.839. The van der Waals surface area contributed by atoms with Gasteiger partial charge in [-0.2, -0.15) is 0 Å². The van der Waals surface area contributed by atoms with Crippen molar-refractivity contribution in [1.29, 1.82) is 0 Å². The summed E-state index contributed by atoms with van der Waals surface area (Å²) in [6.45, 7) is 3.58. The fourth-order valence-corrected chi connectivity index (χ4v) is 2.53. The van der Waals surface area contributed by atoms with E-state index >= 15 is 0 Å². The molecule has 2 aliphatic heterocycles. The molecule has 1 N–H and O–H groups in total. The van der Waals surface area contributed by atoms with Crippen LogP contribution in [0.25, 0.3) is 0 Å². The minimum absolute atomic E-state index is 0.0865. The molecule has 1 fully saturated rings. The summed E-state index contributed by atoms with van der Waals surface area (Å²) in [6.07, 6.45) is 2.08. The number of benzene rings is 1. The van der Waals surface area contributed by atoms with Gasteiger partial charge < -0.3 is 10.2 Å². The lowest BCUT2D eigenvalue weighted by molar-refractivity contribution is 0.211. The van der Waals surface area contributed by atoms with Crippen molar-refractivity contribution in [3.05, 3.63) is 30.3 Å². The summed E-state index contributed by atoms with van der Waals surface area (Å²) < 4.78 is 0. The first-order valence-corrected chi connectivity index (χ1v) is 6.77. The Hall–Kier alpha value is -2.04. The summed E-state index contributed by atoms with van der Waals surface area (Å²) in [5, 5.41) is 2.92. The smallest absolute Gasteiger partial charge is 0.328 e. The lowest BCUT2D eigenvalue weighted by Gasteiger charge is -2.39. The minimum Gasteiger partial charge on any atom is -0.342 e. The van der Waals surface area contributed by atoms with Crippen molar-refractivity contribution in [2.45, 2.75) is 12.8 Å². The molecular formula is C14H18N4O. The fourth-order valence-electron chi connectivity index (χ4n) is 2.53. The molecule has 1 saturated heterocycles. The number of hydrogen-bond donors (Lipinski definition) is 1. The van der Waals surface area contributed by atoms with E-state index in [1.165, 1.54) is 0 Å². The number of nitrogens with one attached hydrogen (secondary N) is 1. The van der Waals surface area contributed by atoms with E-state index in [4.69, 9.17) is 0 Å². The van der Waals surface area contributed by atoms with Gasteiger partial charge in [-0.1, -0.05) is 18.2 Å². The van der Waals surface area contributed by atoms with E-state index in [1.54, 1.807) is 4.90 Å². The van der Waals surface area contributed by atoms with E-state index in [0.29, 0.717) is 0 Å². The second-order valence-corrected chi connectivity index (χ2v) is 4.82. The van der Waals surface area contributed by atoms with Crippen LogP contribution in [0.1, 0.15) is 12.8 Å². The van der Waals surface area contributed by atoms with Crippen molar-refractivity contribution < 1.29 is 4.79 Å². The van der Waals surface area contributed by atoms with E-state index in [1.807, 2.05) is 30.3 Å². The van der Waals surface area contributed by atoms with E-state index in [-0.39, 0.29) is 6.03 Å². The zero-order valence-electron chi connectivity index (χ0n) is 10.9. The van der Waals surface area contributed by atoms with Crippen LogP contribution in [0.3, 0.4) is 0 Å². The highest BCUT2D eigenvalue weighted by atomic mass is 16.2. The van der Waals surface area contributed by atoms with Crippen LogP contribution in [0.5, 0.6) is 0 Å². The third kappa shape index (κ3) is 2.54. The highest BCUT2D eigenvalue weighted by Crippen LogP contribution is 2.15. The summed E-state index contributed by atoms with van der Waals surface area (Å²) in [6, 6.07) is 9.46. The van der Waals surface area contributed by atoms with Crippen molar-refractivity contribution in [3.63, 3.8) is 0 Å². The Morgan fingerprint density at radius 3 is 2.74 bits per heavy atom. The fraction of sp³-hybridized carbons (Fsp3) is 0.429. The average Bonchev–Trinajstić information content (AvgIpc) is 2.47. The number of amides is 2. The zero-order valence-corrected chi connectivity index (χ0v) is 10.9. The maximum absolute atomic E-state index is 12.3. The zero-order chi connectivity index (χ0) is 13.1. The lowest BCUT2D eigenvalue weighted by Crippen LogP contribution is -2.55. The van der Waals surface area contributed by atoms with Gasteiger partial charge in [-0.3, -0.25) is 9.89 Å². The van der Waals surface area contributed by atoms with Crippen LogP contribution in [-0.4, -0.2) is 48.0 Å². The van der Waals surface area contributed by atoms with Crippen molar-refractivity contribution in [2.24, 2.45) is 4.99 Å². The van der Waals surface area contributed by atoms with Crippen LogP contribution >= 0.6 is 0 Å². The van der Waals surface area contributed by atoms with Crippen LogP contribution < -0.4 is 5.32 Å². The van der Waals surface area contributed by atoms with Crippen molar-refractivity contribution in [3.8, 4) is 0 Å². The number of carbonyl (C=O) groups excluding carboxylic acids is 1. The molecule has 100 valence electrons. The van der Waals surface area contributed by atoms with Crippen LogP contribution in [0, 0.1) is 0 Å². The molecule has 0 spiro atoms. The predicted octanol–water partition coefficient (Wildman–Crippen LogP) is 1.99. The molecule has 19 heavy (non-hydrogen) atoms. The standard InChI is InChI=1S/C14H18N4O/c19-14(16-12-6-2-1-3-7-12)18-11-5-10-17-9-4-8-15-13(17)18/h1-3,6-7H,4-5,8-11H2,(H,16,19). The molecular weight excluding hydrogens is 240 g/mol. The van der Waals surface area contributed by atoms with E-state index in [2.05, 4.69) is 15.2 Å². The molecule has 0 radical (unpaired) electrons. The summed E-state index contributed by atoms with van der Waals surface area (Å²) in [7, 11) is 0. The summed E-state index contributed by atoms with van der Waals surface area (Å²) in [4.78, 5) is 20.8. The molecule has 0 aliphatic carbocycles. The molecule has 2 amide bonds. The quantitative estimate of drug-likeness (QED) is 0.837. The first kappa shape index (κ1) is 12.0. The second kappa shape index (κ2) is 5.30. The Balaban J connectivity index is 1.73. The van der Waals surface area contributed by atoms with Gasteiger partial charge in [0.25, 0.3) is 0 Å². The normalized spacial score (nSPS) is 18.6. The number of nitrogens with zero attached hydrogens (tertiary/aromatic N) is 3. The Labute approximate surface area is 112 Å². The maximum Gasteiger partial charge on any atom is 0.328 e. The highest BCUT2D eigenvalue weighted by molar-refractivity contribution is 6.02. The van der Waals surface area contributed by atoms with Crippen LogP contribution in [0.4, 0.5) is 10.5 Å². The van der Waals surface area contributed by atoms with Gasteiger partial charge >= 0.3 is 6.03 Å². The number of carbonyl (C=O) groups is 1. The second-order valence-electron chi connectivity index (χ2n) is 4.82. The highest BCUT2D eigenvalue weighted by Gasteiger charge is 2.29.